The number of methoxy groups -OCH3 is 1. The number of halogens is 1. The van der Waals surface area contributed by atoms with Gasteiger partial charge in [-0.15, -0.1) is 0 Å². The van der Waals surface area contributed by atoms with Crippen molar-refractivity contribution >= 4 is 22.4 Å². The standard InChI is InChI=1S/C13H13FN2O2S/c1-16(8-9-3-5-10(14)6-4-9)13-15-7-11(19-13)12(17)18-2/h3-7H,8H2,1-2H3. The van der Waals surface area contributed by atoms with Crippen molar-refractivity contribution in [2.45, 2.75) is 6.54 Å². The van der Waals surface area contributed by atoms with Crippen molar-refractivity contribution in [3.8, 4) is 0 Å². The van der Waals surface area contributed by atoms with Crippen LogP contribution in [-0.4, -0.2) is 25.1 Å². The molecule has 0 bridgehead atoms. The van der Waals surface area contributed by atoms with Crippen LogP contribution in [0.25, 0.3) is 0 Å². The molecule has 0 atom stereocenters. The van der Waals surface area contributed by atoms with Gasteiger partial charge in [0, 0.05) is 13.6 Å². The first-order chi connectivity index (χ1) is 9.10. The summed E-state index contributed by atoms with van der Waals surface area (Å²) in [6, 6.07) is 6.29. The number of aromatic nitrogens is 1. The van der Waals surface area contributed by atoms with Crippen molar-refractivity contribution in [3.63, 3.8) is 0 Å². The summed E-state index contributed by atoms with van der Waals surface area (Å²) in [5, 5.41) is 0.713. The molecule has 0 amide bonds. The Balaban J connectivity index is 2.07. The van der Waals surface area contributed by atoms with Crippen molar-refractivity contribution in [1.82, 2.24) is 4.98 Å². The van der Waals surface area contributed by atoms with Crippen LogP contribution in [-0.2, 0) is 11.3 Å². The molecule has 0 N–H and O–H groups in total. The smallest absolute Gasteiger partial charge is 0.349 e. The molecule has 2 rings (SSSR count). The Morgan fingerprint density at radius 2 is 2.11 bits per heavy atom. The van der Waals surface area contributed by atoms with Gasteiger partial charge in [-0.05, 0) is 17.7 Å². The molecule has 2 aromatic rings. The normalized spacial score (nSPS) is 10.3. The molecule has 100 valence electrons. The summed E-state index contributed by atoms with van der Waals surface area (Å²) >= 11 is 1.26. The van der Waals surface area contributed by atoms with E-state index in [2.05, 4.69) is 9.72 Å². The van der Waals surface area contributed by atoms with Crippen LogP contribution in [0.1, 0.15) is 15.2 Å². The second-order valence-corrected chi connectivity index (χ2v) is 4.99. The molecular formula is C13H13FN2O2S. The summed E-state index contributed by atoms with van der Waals surface area (Å²) in [7, 11) is 3.20. The molecule has 1 aromatic carbocycles. The number of carbonyl (C=O) groups excluding carboxylic acids is 1. The van der Waals surface area contributed by atoms with Gasteiger partial charge >= 0.3 is 5.97 Å². The molecule has 6 heteroatoms. The Morgan fingerprint density at radius 1 is 1.42 bits per heavy atom. The van der Waals surface area contributed by atoms with Crippen LogP contribution in [0, 0.1) is 5.82 Å². The Kier molecular flexibility index (Phi) is 4.11. The van der Waals surface area contributed by atoms with Crippen LogP contribution < -0.4 is 4.90 Å². The van der Waals surface area contributed by atoms with E-state index in [1.807, 2.05) is 11.9 Å². The number of nitrogens with zero attached hydrogens (tertiary/aromatic N) is 2. The number of rotatable bonds is 4. The van der Waals surface area contributed by atoms with E-state index in [1.54, 1.807) is 12.1 Å². The Hall–Kier alpha value is -1.95. The molecule has 19 heavy (non-hydrogen) atoms. The minimum atomic E-state index is -0.390. The second-order valence-electron chi connectivity index (χ2n) is 3.98. The number of benzene rings is 1. The molecule has 0 saturated carbocycles. The van der Waals surface area contributed by atoms with Crippen molar-refractivity contribution in [3.05, 3.63) is 46.7 Å². The Labute approximate surface area is 114 Å². The highest BCUT2D eigenvalue weighted by atomic mass is 32.1. The third-order valence-corrected chi connectivity index (χ3v) is 3.63. The topological polar surface area (TPSA) is 42.4 Å². The Bertz CT molecular complexity index is 568. The first-order valence-electron chi connectivity index (χ1n) is 5.60. The zero-order valence-corrected chi connectivity index (χ0v) is 11.4. The average molecular weight is 280 g/mol. The summed E-state index contributed by atoms with van der Waals surface area (Å²) < 4.78 is 17.4. The largest absolute Gasteiger partial charge is 0.465 e. The van der Waals surface area contributed by atoms with Crippen LogP contribution >= 0.6 is 11.3 Å². The molecule has 0 aliphatic carbocycles. The molecule has 0 saturated heterocycles. The maximum absolute atomic E-state index is 12.8. The fourth-order valence-electron chi connectivity index (χ4n) is 1.57. The lowest BCUT2D eigenvalue weighted by Gasteiger charge is -2.15. The van der Waals surface area contributed by atoms with E-state index < -0.39 is 0 Å². The predicted octanol–water partition coefficient (Wildman–Crippen LogP) is 2.71. The summed E-state index contributed by atoms with van der Waals surface area (Å²) in [5.74, 6) is -0.646. The van der Waals surface area contributed by atoms with Gasteiger partial charge in [0.2, 0.25) is 0 Å². The molecule has 0 radical (unpaired) electrons. The van der Waals surface area contributed by atoms with Crippen LogP contribution in [0.4, 0.5) is 9.52 Å². The van der Waals surface area contributed by atoms with E-state index >= 15 is 0 Å². The third-order valence-electron chi connectivity index (χ3n) is 2.54. The first kappa shape index (κ1) is 13.5. The lowest BCUT2D eigenvalue weighted by molar-refractivity contribution is 0.0606. The van der Waals surface area contributed by atoms with Gasteiger partial charge in [-0.3, -0.25) is 0 Å². The van der Waals surface area contributed by atoms with Crippen molar-refractivity contribution in [2.24, 2.45) is 0 Å². The number of anilines is 1. The second kappa shape index (κ2) is 5.79. The lowest BCUT2D eigenvalue weighted by atomic mass is 10.2. The molecule has 0 aliphatic rings. The highest BCUT2D eigenvalue weighted by Crippen LogP contribution is 2.23. The number of carbonyl (C=O) groups is 1. The average Bonchev–Trinajstić information content (AvgIpc) is 2.90. The van der Waals surface area contributed by atoms with E-state index in [0.29, 0.717) is 16.6 Å². The number of thiazole rings is 1. The van der Waals surface area contributed by atoms with Crippen molar-refractivity contribution < 1.29 is 13.9 Å². The minimum absolute atomic E-state index is 0.256. The monoisotopic (exact) mass is 280 g/mol. The van der Waals surface area contributed by atoms with Gasteiger partial charge in [0.05, 0.1) is 13.3 Å². The van der Waals surface area contributed by atoms with Gasteiger partial charge in [0.15, 0.2) is 5.13 Å². The van der Waals surface area contributed by atoms with Gasteiger partial charge in [-0.25, -0.2) is 14.2 Å². The highest BCUT2D eigenvalue weighted by molar-refractivity contribution is 7.17. The van der Waals surface area contributed by atoms with Gasteiger partial charge in [-0.1, -0.05) is 23.5 Å². The molecule has 0 fully saturated rings. The predicted molar refractivity (Wildman–Crippen MR) is 72.0 cm³/mol. The molecule has 0 aliphatic heterocycles. The SMILES string of the molecule is COC(=O)c1cnc(N(C)Cc2ccc(F)cc2)s1. The van der Waals surface area contributed by atoms with E-state index in [-0.39, 0.29) is 11.8 Å². The van der Waals surface area contributed by atoms with E-state index in [0.717, 1.165) is 5.56 Å². The van der Waals surface area contributed by atoms with Crippen molar-refractivity contribution in [2.75, 3.05) is 19.1 Å². The quantitative estimate of drug-likeness (QED) is 0.808. The minimum Gasteiger partial charge on any atom is -0.465 e. The maximum atomic E-state index is 12.8. The summed E-state index contributed by atoms with van der Waals surface area (Å²) in [5.41, 5.74) is 0.971. The number of ether oxygens (including phenoxy) is 1. The van der Waals surface area contributed by atoms with Crippen LogP contribution in [0.15, 0.2) is 30.5 Å². The maximum Gasteiger partial charge on any atom is 0.349 e. The molecular weight excluding hydrogens is 267 g/mol. The van der Waals surface area contributed by atoms with Gasteiger partial charge in [-0.2, -0.15) is 0 Å². The van der Waals surface area contributed by atoms with Crippen molar-refractivity contribution in [1.29, 1.82) is 0 Å². The van der Waals surface area contributed by atoms with E-state index in [9.17, 15) is 9.18 Å². The summed E-state index contributed by atoms with van der Waals surface area (Å²) in [6.45, 7) is 0.592. The fourth-order valence-corrected chi connectivity index (χ4v) is 2.36. The number of esters is 1. The van der Waals surface area contributed by atoms with Crippen LogP contribution in [0.5, 0.6) is 0 Å². The molecule has 4 nitrogen and oxygen atoms in total. The zero-order valence-electron chi connectivity index (χ0n) is 10.6. The highest BCUT2D eigenvalue weighted by Gasteiger charge is 2.13. The molecule has 1 heterocycles. The van der Waals surface area contributed by atoms with Gasteiger partial charge in [0.1, 0.15) is 10.7 Å². The van der Waals surface area contributed by atoms with E-state index in [1.165, 1.54) is 36.8 Å². The van der Waals surface area contributed by atoms with Gasteiger partial charge < -0.3 is 9.64 Å². The molecule has 0 spiro atoms. The number of hydrogen-bond acceptors (Lipinski definition) is 5. The van der Waals surface area contributed by atoms with E-state index in [4.69, 9.17) is 0 Å². The van der Waals surface area contributed by atoms with Gasteiger partial charge in [0.25, 0.3) is 0 Å². The molecule has 1 aromatic heterocycles. The molecule has 0 unspecified atom stereocenters. The zero-order chi connectivity index (χ0) is 13.8. The van der Waals surface area contributed by atoms with Crippen LogP contribution in [0.3, 0.4) is 0 Å². The number of hydrogen-bond donors (Lipinski definition) is 0. The summed E-state index contributed by atoms with van der Waals surface area (Å²) in [4.78, 5) is 17.9. The summed E-state index contributed by atoms with van der Waals surface area (Å²) in [6.07, 6.45) is 1.49. The Morgan fingerprint density at radius 3 is 2.74 bits per heavy atom. The van der Waals surface area contributed by atoms with Crippen LogP contribution in [0.2, 0.25) is 0 Å². The first-order valence-corrected chi connectivity index (χ1v) is 6.41. The fraction of sp³-hybridized carbons (Fsp3) is 0.231. The lowest BCUT2D eigenvalue weighted by Crippen LogP contribution is -2.15. The third kappa shape index (κ3) is 3.29.